The second-order valence-electron chi connectivity index (χ2n) is 4.54. The molecule has 0 radical (unpaired) electrons. The van der Waals surface area contributed by atoms with E-state index in [0.717, 1.165) is 29.8 Å². The number of thioether (sulfide) groups is 1. The van der Waals surface area contributed by atoms with Gasteiger partial charge in [-0.3, -0.25) is 0 Å². The van der Waals surface area contributed by atoms with E-state index in [1.54, 1.807) is 18.1 Å². The lowest BCUT2D eigenvalue weighted by Gasteiger charge is -2.08. The van der Waals surface area contributed by atoms with E-state index in [-0.39, 0.29) is 0 Å². The first-order valence-corrected chi connectivity index (χ1v) is 7.20. The van der Waals surface area contributed by atoms with Gasteiger partial charge in [0.25, 0.3) is 0 Å². The maximum atomic E-state index is 4.35. The smallest absolute Gasteiger partial charge is 0.168 e. The predicted octanol–water partition coefficient (Wildman–Crippen LogP) is 2.44. The maximum Gasteiger partial charge on any atom is 0.168 e. The molecule has 6 heteroatoms. The number of hydrogen-bond acceptors (Lipinski definition) is 4. The molecule has 2 aromatic rings. The number of aromatic nitrogens is 5. The van der Waals surface area contributed by atoms with E-state index in [1.807, 2.05) is 17.1 Å². The third-order valence-corrected chi connectivity index (χ3v) is 3.58. The number of aryl methyl sites for hydroxylation is 1. The van der Waals surface area contributed by atoms with Crippen molar-refractivity contribution in [3.63, 3.8) is 0 Å². The molecule has 2 rings (SSSR count). The van der Waals surface area contributed by atoms with Gasteiger partial charge in [-0.2, -0.15) is 5.10 Å². The molecule has 5 nitrogen and oxygen atoms in total. The van der Waals surface area contributed by atoms with Crippen LogP contribution < -0.4 is 0 Å². The lowest BCUT2D eigenvalue weighted by molar-refractivity contribution is 0.471. The fraction of sp³-hybridized carbons (Fsp3) is 0.583. The van der Waals surface area contributed by atoms with Crippen LogP contribution in [0.25, 0.3) is 0 Å². The Labute approximate surface area is 112 Å². The van der Waals surface area contributed by atoms with Crippen LogP contribution in [0.2, 0.25) is 0 Å². The first kappa shape index (κ1) is 13.1. The van der Waals surface area contributed by atoms with Gasteiger partial charge in [0.2, 0.25) is 0 Å². The average Bonchev–Trinajstić information content (AvgIpc) is 2.94. The van der Waals surface area contributed by atoms with Crippen LogP contribution in [0, 0.1) is 5.92 Å². The highest BCUT2D eigenvalue weighted by Crippen LogP contribution is 2.20. The van der Waals surface area contributed by atoms with Crippen molar-refractivity contribution in [2.75, 3.05) is 0 Å². The summed E-state index contributed by atoms with van der Waals surface area (Å²) in [5, 5.41) is 5.30. The minimum Gasteiger partial charge on any atom is -0.326 e. The fourth-order valence-corrected chi connectivity index (χ4v) is 2.68. The van der Waals surface area contributed by atoms with Crippen molar-refractivity contribution in [1.29, 1.82) is 0 Å². The van der Waals surface area contributed by atoms with E-state index in [2.05, 4.69) is 40.4 Å². The number of hydrogen-bond donors (Lipinski definition) is 0. The van der Waals surface area contributed by atoms with Gasteiger partial charge >= 0.3 is 0 Å². The highest BCUT2D eigenvalue weighted by molar-refractivity contribution is 7.98. The number of imidazole rings is 1. The summed E-state index contributed by atoms with van der Waals surface area (Å²) in [5.41, 5.74) is 0. The van der Waals surface area contributed by atoms with Gasteiger partial charge in [-0.1, -0.05) is 25.6 Å². The Morgan fingerprint density at radius 1 is 1.33 bits per heavy atom. The first-order chi connectivity index (χ1) is 8.70. The molecule has 0 aromatic carbocycles. The minimum atomic E-state index is 0.577. The Hall–Kier alpha value is -1.30. The van der Waals surface area contributed by atoms with Gasteiger partial charge < -0.3 is 4.57 Å². The van der Waals surface area contributed by atoms with Gasteiger partial charge in [0, 0.05) is 25.5 Å². The molecule has 98 valence electrons. The van der Waals surface area contributed by atoms with E-state index < -0.39 is 0 Å². The summed E-state index contributed by atoms with van der Waals surface area (Å²) in [7, 11) is 0. The Balaban J connectivity index is 2.00. The van der Waals surface area contributed by atoms with Crippen LogP contribution in [0.1, 0.15) is 26.6 Å². The minimum absolute atomic E-state index is 0.577. The molecular formula is C12H19N5S. The molecule has 2 aromatic heterocycles. The third kappa shape index (κ3) is 3.13. The van der Waals surface area contributed by atoms with E-state index in [9.17, 15) is 0 Å². The lowest BCUT2D eigenvalue weighted by atomic mass is 10.2. The zero-order valence-electron chi connectivity index (χ0n) is 11.1. The molecule has 18 heavy (non-hydrogen) atoms. The molecule has 0 aliphatic carbocycles. The van der Waals surface area contributed by atoms with Crippen LogP contribution in [-0.4, -0.2) is 24.3 Å². The average molecular weight is 265 g/mol. The quantitative estimate of drug-likeness (QED) is 0.753. The summed E-state index contributed by atoms with van der Waals surface area (Å²) in [4.78, 5) is 8.66. The number of nitrogens with zero attached hydrogens (tertiary/aromatic N) is 5. The van der Waals surface area contributed by atoms with Gasteiger partial charge in [-0.05, 0) is 12.8 Å². The van der Waals surface area contributed by atoms with E-state index in [0.29, 0.717) is 5.92 Å². The first-order valence-electron chi connectivity index (χ1n) is 6.21. The molecule has 0 atom stereocenters. The highest BCUT2D eigenvalue weighted by Gasteiger charge is 2.09. The maximum absolute atomic E-state index is 4.35. The van der Waals surface area contributed by atoms with Crippen molar-refractivity contribution in [3.8, 4) is 0 Å². The summed E-state index contributed by atoms with van der Waals surface area (Å²) < 4.78 is 4.12. The molecule has 0 N–H and O–H groups in total. The SMILES string of the molecule is CCn1ccnc1SCc1ncnn1CC(C)C. The van der Waals surface area contributed by atoms with Crippen LogP contribution in [-0.2, 0) is 18.8 Å². The summed E-state index contributed by atoms with van der Waals surface area (Å²) >= 11 is 1.71. The largest absolute Gasteiger partial charge is 0.326 e. The van der Waals surface area contributed by atoms with E-state index >= 15 is 0 Å². The highest BCUT2D eigenvalue weighted by atomic mass is 32.2. The van der Waals surface area contributed by atoms with Crippen molar-refractivity contribution in [3.05, 3.63) is 24.5 Å². The molecule has 0 aliphatic rings. The monoisotopic (exact) mass is 265 g/mol. The van der Waals surface area contributed by atoms with Gasteiger partial charge in [-0.25, -0.2) is 14.6 Å². The molecule has 0 fully saturated rings. The normalized spacial score (nSPS) is 11.3. The molecule has 0 unspecified atom stereocenters. The van der Waals surface area contributed by atoms with Crippen LogP contribution >= 0.6 is 11.8 Å². The fourth-order valence-electron chi connectivity index (χ4n) is 1.70. The van der Waals surface area contributed by atoms with E-state index in [4.69, 9.17) is 0 Å². The van der Waals surface area contributed by atoms with Crippen LogP contribution in [0.15, 0.2) is 23.9 Å². The lowest BCUT2D eigenvalue weighted by Crippen LogP contribution is -2.09. The molecule has 2 heterocycles. The Morgan fingerprint density at radius 3 is 2.89 bits per heavy atom. The second-order valence-corrected chi connectivity index (χ2v) is 5.48. The molecule has 0 spiro atoms. The summed E-state index contributed by atoms with van der Waals surface area (Å²) in [6, 6.07) is 0. The van der Waals surface area contributed by atoms with Crippen LogP contribution in [0.5, 0.6) is 0 Å². The number of rotatable bonds is 6. The second kappa shape index (κ2) is 6.04. The molecule has 0 aliphatic heterocycles. The van der Waals surface area contributed by atoms with Crippen molar-refractivity contribution in [2.45, 2.75) is 44.8 Å². The van der Waals surface area contributed by atoms with Crippen LogP contribution in [0.4, 0.5) is 0 Å². The van der Waals surface area contributed by atoms with Crippen molar-refractivity contribution >= 4 is 11.8 Å². The van der Waals surface area contributed by atoms with Crippen molar-refractivity contribution in [1.82, 2.24) is 24.3 Å². The van der Waals surface area contributed by atoms with Crippen molar-refractivity contribution < 1.29 is 0 Å². The Morgan fingerprint density at radius 2 is 2.17 bits per heavy atom. The third-order valence-electron chi connectivity index (χ3n) is 2.58. The van der Waals surface area contributed by atoms with Crippen LogP contribution in [0.3, 0.4) is 0 Å². The standard InChI is InChI=1S/C12H19N5S/c1-4-16-6-5-13-12(16)18-8-11-14-9-15-17(11)7-10(2)3/h5-6,9-10H,4,7-8H2,1-3H3. The van der Waals surface area contributed by atoms with Crippen molar-refractivity contribution in [2.24, 2.45) is 5.92 Å². The van der Waals surface area contributed by atoms with Gasteiger partial charge in [0.05, 0.1) is 5.75 Å². The molecular weight excluding hydrogens is 246 g/mol. The Bertz CT molecular complexity index is 488. The summed E-state index contributed by atoms with van der Waals surface area (Å²) in [6.07, 6.45) is 5.47. The summed E-state index contributed by atoms with van der Waals surface area (Å²) in [6.45, 7) is 8.34. The molecule has 0 saturated heterocycles. The molecule has 0 amide bonds. The Kier molecular flexibility index (Phi) is 4.41. The summed E-state index contributed by atoms with van der Waals surface area (Å²) in [5.74, 6) is 2.40. The van der Waals surface area contributed by atoms with Gasteiger partial charge in [0.15, 0.2) is 5.16 Å². The molecule has 0 bridgehead atoms. The van der Waals surface area contributed by atoms with Gasteiger partial charge in [-0.15, -0.1) is 0 Å². The van der Waals surface area contributed by atoms with Gasteiger partial charge in [0.1, 0.15) is 12.2 Å². The zero-order chi connectivity index (χ0) is 13.0. The molecule has 0 saturated carbocycles. The van der Waals surface area contributed by atoms with E-state index in [1.165, 1.54) is 0 Å². The topological polar surface area (TPSA) is 48.5 Å². The zero-order valence-corrected chi connectivity index (χ0v) is 11.9. The predicted molar refractivity (Wildman–Crippen MR) is 72.3 cm³/mol.